The van der Waals surface area contributed by atoms with E-state index in [1.54, 1.807) is 0 Å². The van der Waals surface area contributed by atoms with Gasteiger partial charge in [0.1, 0.15) is 0 Å². The first kappa shape index (κ1) is 10.7. The Labute approximate surface area is 90.6 Å². The van der Waals surface area contributed by atoms with Crippen LogP contribution in [0.15, 0.2) is 11.6 Å². The van der Waals surface area contributed by atoms with Crippen LogP contribution < -0.4 is 5.32 Å². The number of allylic oxidation sites excluding steroid dienone is 2. The maximum absolute atomic E-state index is 10.9. The molecule has 0 amide bonds. The highest BCUT2D eigenvalue weighted by Crippen LogP contribution is 2.59. The fourth-order valence-corrected chi connectivity index (χ4v) is 3.52. The molecule has 2 aliphatic rings. The summed E-state index contributed by atoms with van der Waals surface area (Å²) in [6.45, 7) is 2.98. The zero-order chi connectivity index (χ0) is 11.1. The monoisotopic (exact) mass is 209 g/mol. The van der Waals surface area contributed by atoms with Gasteiger partial charge in [-0.15, -0.1) is 0 Å². The van der Waals surface area contributed by atoms with Crippen LogP contribution in [0.1, 0.15) is 26.2 Å². The molecular formula is C12H19NO2. The molecule has 2 aliphatic carbocycles. The van der Waals surface area contributed by atoms with Crippen LogP contribution in [0, 0.1) is 17.3 Å². The first-order valence-electron chi connectivity index (χ1n) is 5.61. The standard InChI is InChI=1S/C12H19NO2/c1-8-3-9-5-12(7-13-2,6-11(14)15)10(9)4-8/h4,9-10,13H,3,5-7H2,1-2H3,(H,14,15). The van der Waals surface area contributed by atoms with Crippen LogP contribution in [0.4, 0.5) is 0 Å². The Morgan fingerprint density at radius 2 is 2.47 bits per heavy atom. The number of hydrogen-bond acceptors (Lipinski definition) is 2. The van der Waals surface area contributed by atoms with Crippen molar-refractivity contribution >= 4 is 5.97 Å². The number of rotatable bonds is 4. The number of aliphatic carboxylic acids is 1. The lowest BCUT2D eigenvalue weighted by Gasteiger charge is -2.52. The molecule has 3 atom stereocenters. The Balaban J connectivity index is 2.12. The fraction of sp³-hybridized carbons (Fsp3) is 0.750. The highest BCUT2D eigenvalue weighted by atomic mass is 16.4. The lowest BCUT2D eigenvalue weighted by Crippen LogP contribution is -2.51. The number of carboxylic acids is 1. The molecule has 0 aromatic carbocycles. The van der Waals surface area contributed by atoms with Gasteiger partial charge in [-0.25, -0.2) is 0 Å². The Kier molecular flexibility index (Phi) is 2.59. The largest absolute Gasteiger partial charge is 0.481 e. The molecule has 2 N–H and O–H groups in total. The van der Waals surface area contributed by atoms with Crippen molar-refractivity contribution in [3.05, 3.63) is 11.6 Å². The molecule has 84 valence electrons. The van der Waals surface area contributed by atoms with Crippen molar-refractivity contribution in [2.75, 3.05) is 13.6 Å². The van der Waals surface area contributed by atoms with Crippen molar-refractivity contribution in [1.82, 2.24) is 5.32 Å². The van der Waals surface area contributed by atoms with Crippen molar-refractivity contribution in [1.29, 1.82) is 0 Å². The molecule has 0 spiro atoms. The Bertz CT molecular complexity index is 311. The predicted octanol–water partition coefficient (Wildman–Crippen LogP) is 1.65. The summed E-state index contributed by atoms with van der Waals surface area (Å²) in [6.07, 6.45) is 4.85. The number of fused-ring (bicyclic) bond motifs is 1. The van der Waals surface area contributed by atoms with Crippen molar-refractivity contribution in [3.8, 4) is 0 Å². The molecule has 1 fully saturated rings. The van der Waals surface area contributed by atoms with Crippen molar-refractivity contribution < 1.29 is 9.90 Å². The van der Waals surface area contributed by atoms with Crippen LogP contribution in [0.25, 0.3) is 0 Å². The van der Waals surface area contributed by atoms with Gasteiger partial charge >= 0.3 is 5.97 Å². The lowest BCUT2D eigenvalue weighted by atomic mass is 9.53. The molecule has 2 rings (SSSR count). The average Bonchev–Trinajstić information content (AvgIpc) is 2.42. The number of carboxylic acid groups (broad SMARTS) is 1. The Morgan fingerprint density at radius 1 is 1.73 bits per heavy atom. The van der Waals surface area contributed by atoms with Gasteiger partial charge in [-0.1, -0.05) is 11.6 Å². The Hall–Kier alpha value is -0.830. The zero-order valence-corrected chi connectivity index (χ0v) is 9.42. The molecule has 0 heterocycles. The summed E-state index contributed by atoms with van der Waals surface area (Å²) >= 11 is 0. The van der Waals surface area contributed by atoms with Crippen LogP contribution in [-0.4, -0.2) is 24.7 Å². The molecule has 15 heavy (non-hydrogen) atoms. The first-order valence-corrected chi connectivity index (χ1v) is 5.61. The zero-order valence-electron chi connectivity index (χ0n) is 9.42. The SMILES string of the molecule is CNCC1(CC(=O)O)CC2CC(C)=CC21. The molecule has 3 heteroatoms. The summed E-state index contributed by atoms with van der Waals surface area (Å²) in [5.74, 6) is 0.556. The fourth-order valence-electron chi connectivity index (χ4n) is 3.52. The maximum atomic E-state index is 10.9. The quantitative estimate of drug-likeness (QED) is 0.692. The normalized spacial score (nSPS) is 38.1. The molecule has 0 saturated heterocycles. The second-order valence-electron chi connectivity index (χ2n) is 5.17. The van der Waals surface area contributed by atoms with E-state index in [1.807, 2.05) is 7.05 Å². The molecule has 0 aromatic heterocycles. The van der Waals surface area contributed by atoms with E-state index < -0.39 is 5.97 Å². The minimum absolute atomic E-state index is 0.0109. The van der Waals surface area contributed by atoms with Gasteiger partial charge in [-0.05, 0) is 38.6 Å². The summed E-state index contributed by atoms with van der Waals surface area (Å²) < 4.78 is 0. The van der Waals surface area contributed by atoms with Gasteiger partial charge in [-0.3, -0.25) is 4.79 Å². The van der Waals surface area contributed by atoms with E-state index >= 15 is 0 Å². The highest BCUT2D eigenvalue weighted by Gasteiger charge is 2.54. The highest BCUT2D eigenvalue weighted by molar-refractivity contribution is 5.68. The lowest BCUT2D eigenvalue weighted by molar-refractivity contribution is -0.144. The maximum Gasteiger partial charge on any atom is 0.303 e. The molecule has 0 aromatic rings. The second-order valence-corrected chi connectivity index (χ2v) is 5.17. The third-order valence-electron chi connectivity index (χ3n) is 3.96. The summed E-state index contributed by atoms with van der Waals surface area (Å²) in [7, 11) is 1.91. The molecule has 1 saturated carbocycles. The summed E-state index contributed by atoms with van der Waals surface area (Å²) in [4.78, 5) is 10.9. The summed E-state index contributed by atoms with van der Waals surface area (Å²) in [6, 6.07) is 0. The van der Waals surface area contributed by atoms with E-state index in [1.165, 1.54) is 12.0 Å². The van der Waals surface area contributed by atoms with E-state index in [9.17, 15) is 4.79 Å². The van der Waals surface area contributed by atoms with Crippen molar-refractivity contribution in [2.45, 2.75) is 26.2 Å². The van der Waals surface area contributed by atoms with E-state index in [4.69, 9.17) is 5.11 Å². The molecule has 3 nitrogen and oxygen atoms in total. The van der Waals surface area contributed by atoms with Crippen LogP contribution >= 0.6 is 0 Å². The summed E-state index contributed by atoms with van der Waals surface area (Å²) in [5, 5.41) is 12.1. The van der Waals surface area contributed by atoms with Gasteiger partial charge in [0, 0.05) is 12.0 Å². The molecular weight excluding hydrogens is 190 g/mol. The van der Waals surface area contributed by atoms with Crippen LogP contribution in [0.2, 0.25) is 0 Å². The van der Waals surface area contributed by atoms with E-state index in [2.05, 4.69) is 18.3 Å². The van der Waals surface area contributed by atoms with Gasteiger partial charge < -0.3 is 10.4 Å². The molecule has 0 bridgehead atoms. The van der Waals surface area contributed by atoms with E-state index in [0.29, 0.717) is 12.3 Å². The van der Waals surface area contributed by atoms with Crippen LogP contribution in [-0.2, 0) is 4.79 Å². The van der Waals surface area contributed by atoms with E-state index in [-0.39, 0.29) is 5.41 Å². The molecule has 0 radical (unpaired) electrons. The minimum Gasteiger partial charge on any atom is -0.481 e. The van der Waals surface area contributed by atoms with E-state index in [0.717, 1.165) is 18.9 Å². The average molecular weight is 209 g/mol. The van der Waals surface area contributed by atoms with Crippen molar-refractivity contribution in [3.63, 3.8) is 0 Å². The number of nitrogens with one attached hydrogen (secondary N) is 1. The second kappa shape index (κ2) is 3.63. The van der Waals surface area contributed by atoms with Crippen LogP contribution in [0.5, 0.6) is 0 Å². The van der Waals surface area contributed by atoms with Crippen LogP contribution in [0.3, 0.4) is 0 Å². The van der Waals surface area contributed by atoms with Crippen molar-refractivity contribution in [2.24, 2.45) is 17.3 Å². The van der Waals surface area contributed by atoms with Gasteiger partial charge in [0.2, 0.25) is 0 Å². The smallest absolute Gasteiger partial charge is 0.303 e. The third-order valence-corrected chi connectivity index (χ3v) is 3.96. The number of hydrogen-bond donors (Lipinski definition) is 2. The Morgan fingerprint density at radius 3 is 3.00 bits per heavy atom. The van der Waals surface area contributed by atoms with Gasteiger partial charge in [0.05, 0.1) is 6.42 Å². The molecule has 0 aliphatic heterocycles. The predicted molar refractivity (Wildman–Crippen MR) is 58.6 cm³/mol. The van der Waals surface area contributed by atoms with Gasteiger partial charge in [-0.2, -0.15) is 0 Å². The minimum atomic E-state index is -0.665. The topological polar surface area (TPSA) is 49.3 Å². The van der Waals surface area contributed by atoms with Gasteiger partial charge in [0.15, 0.2) is 0 Å². The van der Waals surface area contributed by atoms with Gasteiger partial charge in [0.25, 0.3) is 0 Å². The number of carbonyl (C=O) groups is 1. The molecule has 3 unspecified atom stereocenters. The summed E-state index contributed by atoms with van der Waals surface area (Å²) in [5.41, 5.74) is 1.43. The third kappa shape index (κ3) is 1.69. The first-order chi connectivity index (χ1) is 7.07.